The van der Waals surface area contributed by atoms with Gasteiger partial charge in [0.1, 0.15) is 17.4 Å². The molecule has 1 amide bonds. The minimum absolute atomic E-state index is 0.00629. The molecular formula is C64H78F2N4O5. The summed E-state index contributed by atoms with van der Waals surface area (Å²) in [4.78, 5) is 27.9. The van der Waals surface area contributed by atoms with Crippen molar-refractivity contribution in [1.29, 1.82) is 0 Å². The van der Waals surface area contributed by atoms with Crippen molar-refractivity contribution in [2.45, 2.75) is 109 Å². The Kier molecular flexibility index (Phi) is 18.7. The maximum Gasteiger partial charge on any atom is 0.252 e. The SMILES string of the molecule is CC(CCc1ccccc1)NCC(O)c1ccc(O)c(C(N)=O)c1.C[C@]12CC[C@H]3[C@@H](CCC4=CC(=O)CC[C@@]43C)[C@@H]1CC[C@@H]2O.Fc1ccc(C(c2ccc(F)cc2)N2CCN(C/C=C/c3ccccc3)CC2)cc1. The average Bonchev–Trinajstić information content (AvgIpc) is 3.75. The van der Waals surface area contributed by atoms with Crippen LogP contribution < -0.4 is 11.1 Å². The number of aryl methyl sites for hydroxylation is 1. The van der Waals surface area contributed by atoms with Gasteiger partial charge in [0.25, 0.3) is 5.91 Å². The van der Waals surface area contributed by atoms with Crippen LogP contribution in [0.1, 0.15) is 129 Å². The third-order valence-corrected chi connectivity index (χ3v) is 17.6. The second-order valence-corrected chi connectivity index (χ2v) is 22.3. The molecule has 0 bridgehead atoms. The van der Waals surface area contributed by atoms with E-state index in [1.54, 1.807) is 6.07 Å². The Hall–Kier alpha value is -5.82. The summed E-state index contributed by atoms with van der Waals surface area (Å²) in [6.45, 7) is 11.8. The Labute approximate surface area is 443 Å². The normalized spacial score (nSPS) is 25.4. The number of aliphatic hydroxyl groups is 2. The number of ketones is 1. The number of fused-ring (bicyclic) bond motifs is 5. The van der Waals surface area contributed by atoms with Gasteiger partial charge in [-0.25, -0.2) is 8.78 Å². The minimum atomic E-state index is -0.775. The van der Waals surface area contributed by atoms with Crippen molar-refractivity contribution in [3.05, 3.63) is 190 Å². The zero-order chi connectivity index (χ0) is 53.1. The monoisotopic (exact) mass is 1020 g/mol. The van der Waals surface area contributed by atoms with Gasteiger partial charge in [-0.2, -0.15) is 0 Å². The number of primary amides is 1. The summed E-state index contributed by atoms with van der Waals surface area (Å²) in [6, 6.07) is 38.5. The van der Waals surface area contributed by atoms with Crippen LogP contribution in [-0.2, 0) is 11.2 Å². The van der Waals surface area contributed by atoms with Crippen molar-refractivity contribution < 1.29 is 33.7 Å². The van der Waals surface area contributed by atoms with Gasteiger partial charge in [-0.15, -0.1) is 0 Å². The van der Waals surface area contributed by atoms with E-state index in [4.69, 9.17) is 5.73 Å². The zero-order valence-electron chi connectivity index (χ0n) is 44.1. The van der Waals surface area contributed by atoms with Gasteiger partial charge >= 0.3 is 0 Å². The largest absolute Gasteiger partial charge is 0.507 e. The lowest BCUT2D eigenvalue weighted by atomic mass is 9.47. The maximum absolute atomic E-state index is 13.5. The number of nitrogens with zero attached hydrogens (tertiary/aromatic N) is 2. The number of halogens is 2. The third-order valence-electron chi connectivity index (χ3n) is 17.6. The first-order chi connectivity index (χ1) is 36.1. The average molecular weight is 1020 g/mol. The molecule has 398 valence electrons. The Morgan fingerprint density at radius 3 is 2.05 bits per heavy atom. The summed E-state index contributed by atoms with van der Waals surface area (Å²) in [5.41, 5.74) is 12.2. The quantitative estimate of drug-likeness (QED) is 0.0741. The van der Waals surface area contributed by atoms with Crippen LogP contribution in [0.3, 0.4) is 0 Å². The van der Waals surface area contributed by atoms with Gasteiger partial charge in [0.15, 0.2) is 5.78 Å². The highest BCUT2D eigenvalue weighted by Crippen LogP contribution is 2.65. The molecule has 8 atom stereocenters. The molecule has 5 aromatic carbocycles. The van der Waals surface area contributed by atoms with Gasteiger partial charge in [0, 0.05) is 51.7 Å². The number of piperazine rings is 1. The van der Waals surface area contributed by atoms with Crippen molar-refractivity contribution in [2.75, 3.05) is 39.3 Å². The molecule has 10 rings (SSSR count). The van der Waals surface area contributed by atoms with Gasteiger partial charge in [-0.3, -0.25) is 19.4 Å². The molecule has 9 nitrogen and oxygen atoms in total. The van der Waals surface area contributed by atoms with Crippen LogP contribution in [0.25, 0.3) is 6.08 Å². The van der Waals surface area contributed by atoms with E-state index in [2.05, 4.69) is 72.3 Å². The summed E-state index contributed by atoms with van der Waals surface area (Å²) in [6.07, 6.45) is 16.2. The van der Waals surface area contributed by atoms with Crippen molar-refractivity contribution in [1.82, 2.24) is 15.1 Å². The van der Waals surface area contributed by atoms with E-state index in [1.807, 2.05) is 66.7 Å². The predicted octanol–water partition coefficient (Wildman–Crippen LogP) is 11.4. The molecule has 0 radical (unpaired) electrons. The number of nitrogens with two attached hydrogens (primary N) is 1. The first-order valence-electron chi connectivity index (χ1n) is 27.3. The molecule has 6 N–H and O–H groups in total. The highest BCUT2D eigenvalue weighted by Gasteiger charge is 2.58. The Balaban J connectivity index is 0.000000152. The maximum atomic E-state index is 13.5. The van der Waals surface area contributed by atoms with E-state index in [9.17, 15) is 33.7 Å². The molecule has 0 aromatic heterocycles. The standard InChI is InChI=1S/C26H26F2N2.C19H24N2O3.C19H28O2/c27-24-12-8-22(9-13-24)26(23-10-14-25(28)15-11-23)30-19-17-29(18-20-30)16-4-7-21-5-2-1-3-6-21;1-13(7-8-14-5-3-2-4-6-14)21-12-18(23)15-9-10-17(22)16(11-15)19(20)24;1-18-9-7-13(20)11-12(18)3-4-14-15-5-6-17(21)19(15,2)10-8-16(14)18/h1-15,26H,16-20H2;2-6,9-11,13,18,21-23H,7-8,12H2,1H3,(H2,20,24);11,14-17,21H,3-10H2,1-2H3/b7-4+;;/t;;14-,15-,16-,17-,18-,19-/m..0/s1. The predicted molar refractivity (Wildman–Crippen MR) is 295 cm³/mol. The second-order valence-electron chi connectivity index (χ2n) is 22.3. The molecule has 0 spiro atoms. The topological polar surface area (TPSA) is 139 Å². The molecule has 1 aliphatic heterocycles. The number of carbonyl (C=O) groups excluding carboxylic acids is 2. The third kappa shape index (κ3) is 13.8. The van der Waals surface area contributed by atoms with E-state index in [0.717, 1.165) is 94.2 Å². The summed E-state index contributed by atoms with van der Waals surface area (Å²) < 4.78 is 26.9. The Morgan fingerprint density at radius 2 is 1.41 bits per heavy atom. The second kappa shape index (κ2) is 25.3. The fourth-order valence-corrected chi connectivity index (χ4v) is 13.1. The number of phenols is 1. The van der Waals surface area contributed by atoms with Crippen molar-refractivity contribution in [3.8, 4) is 5.75 Å². The van der Waals surface area contributed by atoms with E-state index in [-0.39, 0.29) is 52.0 Å². The van der Waals surface area contributed by atoms with Crippen LogP contribution in [0, 0.1) is 40.2 Å². The van der Waals surface area contributed by atoms with Crippen LogP contribution >= 0.6 is 0 Å². The number of benzene rings is 5. The van der Waals surface area contributed by atoms with Crippen LogP contribution in [0.5, 0.6) is 5.75 Å². The van der Waals surface area contributed by atoms with Gasteiger partial charge in [-0.05, 0) is 164 Å². The number of rotatable bonds is 14. The minimum Gasteiger partial charge on any atom is -0.507 e. The van der Waals surface area contributed by atoms with E-state index < -0.39 is 12.0 Å². The number of carbonyl (C=O) groups is 2. The van der Waals surface area contributed by atoms with Crippen LogP contribution in [0.15, 0.2) is 145 Å². The highest BCUT2D eigenvalue weighted by molar-refractivity contribution is 5.95. The molecular weight excluding hydrogens is 943 g/mol. The van der Waals surface area contributed by atoms with Gasteiger partial charge in [0.05, 0.1) is 23.8 Å². The van der Waals surface area contributed by atoms with Crippen molar-refractivity contribution in [2.24, 2.45) is 34.3 Å². The molecule has 75 heavy (non-hydrogen) atoms. The first kappa shape index (κ1) is 55.4. The lowest BCUT2D eigenvalue weighted by Crippen LogP contribution is -2.51. The molecule has 1 saturated heterocycles. The fraction of sp³-hybridized carbons (Fsp3) is 0.438. The number of hydrogen-bond donors (Lipinski definition) is 5. The molecule has 2 unspecified atom stereocenters. The first-order valence-corrected chi connectivity index (χ1v) is 27.3. The van der Waals surface area contributed by atoms with Crippen LogP contribution in [0.2, 0.25) is 0 Å². The number of hydrogen-bond acceptors (Lipinski definition) is 8. The molecule has 3 saturated carbocycles. The molecule has 5 aliphatic rings. The molecule has 4 fully saturated rings. The van der Waals surface area contributed by atoms with Gasteiger partial charge in [-0.1, -0.05) is 123 Å². The summed E-state index contributed by atoms with van der Waals surface area (Å²) >= 11 is 0. The van der Waals surface area contributed by atoms with Crippen molar-refractivity contribution >= 4 is 17.8 Å². The fourth-order valence-electron chi connectivity index (χ4n) is 13.1. The van der Waals surface area contributed by atoms with E-state index in [0.29, 0.717) is 23.8 Å². The Bertz CT molecular complexity index is 2670. The van der Waals surface area contributed by atoms with E-state index >= 15 is 0 Å². The molecule has 1 heterocycles. The van der Waals surface area contributed by atoms with Crippen LogP contribution in [0.4, 0.5) is 8.78 Å². The number of aromatic hydroxyl groups is 1. The highest BCUT2D eigenvalue weighted by atomic mass is 19.1. The Morgan fingerprint density at radius 1 is 0.787 bits per heavy atom. The van der Waals surface area contributed by atoms with Gasteiger partial charge < -0.3 is 26.4 Å². The summed E-state index contributed by atoms with van der Waals surface area (Å²) in [5.74, 6) is 1.19. The number of nitrogens with one attached hydrogen (secondary N) is 1. The number of amides is 1. The molecule has 5 aromatic rings. The van der Waals surface area contributed by atoms with Crippen LogP contribution in [-0.4, -0.2) is 88.2 Å². The summed E-state index contributed by atoms with van der Waals surface area (Å²) in [7, 11) is 0. The lowest BCUT2D eigenvalue weighted by Gasteiger charge is -2.57. The van der Waals surface area contributed by atoms with Crippen molar-refractivity contribution in [3.63, 3.8) is 0 Å². The van der Waals surface area contributed by atoms with E-state index in [1.165, 1.54) is 78.8 Å². The number of aliphatic hydroxyl groups excluding tert-OH is 2. The zero-order valence-corrected chi connectivity index (χ0v) is 44.1. The lowest BCUT2D eigenvalue weighted by molar-refractivity contribution is -0.118. The summed E-state index contributed by atoms with van der Waals surface area (Å²) in [5, 5.41) is 33.6. The molecule has 4 aliphatic carbocycles. The smallest absolute Gasteiger partial charge is 0.252 e. The molecule has 11 heteroatoms. The number of allylic oxidation sites excluding steroid dienone is 1. The van der Waals surface area contributed by atoms with Gasteiger partial charge in [0.2, 0.25) is 0 Å².